The van der Waals surface area contributed by atoms with Crippen molar-refractivity contribution < 1.29 is 0 Å². The van der Waals surface area contributed by atoms with Crippen LogP contribution in [0.5, 0.6) is 0 Å². The van der Waals surface area contributed by atoms with Gasteiger partial charge in [-0.25, -0.2) is 9.67 Å². The molecule has 2 aromatic rings. The Labute approximate surface area is 113 Å². The Morgan fingerprint density at radius 3 is 2.58 bits per heavy atom. The van der Waals surface area contributed by atoms with Crippen molar-refractivity contribution in [3.05, 3.63) is 23.5 Å². The van der Waals surface area contributed by atoms with Crippen molar-refractivity contribution in [2.45, 2.75) is 53.1 Å². The van der Waals surface area contributed by atoms with E-state index in [9.17, 15) is 0 Å². The third-order valence-corrected chi connectivity index (χ3v) is 3.27. The summed E-state index contributed by atoms with van der Waals surface area (Å²) >= 11 is 0. The van der Waals surface area contributed by atoms with E-state index in [-0.39, 0.29) is 0 Å². The number of nitrogen functional groups attached to an aromatic ring is 1. The Morgan fingerprint density at radius 2 is 1.95 bits per heavy atom. The zero-order valence-corrected chi connectivity index (χ0v) is 11.9. The van der Waals surface area contributed by atoms with E-state index in [1.165, 1.54) is 0 Å². The van der Waals surface area contributed by atoms with Gasteiger partial charge in [-0.15, -0.1) is 0 Å². The van der Waals surface area contributed by atoms with Gasteiger partial charge in [0.2, 0.25) is 0 Å². The maximum atomic E-state index is 6.12. The summed E-state index contributed by atoms with van der Waals surface area (Å²) in [6.07, 6.45) is 4.37. The molecular formula is C13H22N6. The summed E-state index contributed by atoms with van der Waals surface area (Å²) in [6, 6.07) is 0. The number of aromatic nitrogens is 5. The van der Waals surface area contributed by atoms with E-state index in [1.54, 1.807) is 6.33 Å². The van der Waals surface area contributed by atoms with Crippen molar-refractivity contribution in [2.24, 2.45) is 0 Å². The monoisotopic (exact) mass is 262 g/mol. The molecule has 0 amide bonds. The maximum Gasteiger partial charge on any atom is 0.148 e. The van der Waals surface area contributed by atoms with Crippen molar-refractivity contribution >= 4 is 5.69 Å². The molecule has 0 fully saturated rings. The van der Waals surface area contributed by atoms with Crippen molar-refractivity contribution in [2.75, 3.05) is 5.73 Å². The number of rotatable bonds is 6. The summed E-state index contributed by atoms with van der Waals surface area (Å²) in [5.74, 6) is 0.932. The highest BCUT2D eigenvalue weighted by Crippen LogP contribution is 2.19. The molecule has 104 valence electrons. The summed E-state index contributed by atoms with van der Waals surface area (Å²) in [7, 11) is 0. The first-order valence-electron chi connectivity index (χ1n) is 6.91. The second-order valence-corrected chi connectivity index (χ2v) is 4.57. The van der Waals surface area contributed by atoms with Gasteiger partial charge in [0.15, 0.2) is 0 Å². The maximum absolute atomic E-state index is 6.12. The zero-order chi connectivity index (χ0) is 13.8. The molecule has 2 heterocycles. The molecule has 0 aliphatic carbocycles. The molecule has 19 heavy (non-hydrogen) atoms. The van der Waals surface area contributed by atoms with Crippen molar-refractivity contribution in [3.8, 4) is 0 Å². The average molecular weight is 262 g/mol. The van der Waals surface area contributed by atoms with Crippen LogP contribution in [0.15, 0.2) is 6.33 Å². The second-order valence-electron chi connectivity index (χ2n) is 4.57. The van der Waals surface area contributed by atoms with Gasteiger partial charge in [-0.2, -0.15) is 10.2 Å². The number of hydrogen-bond acceptors (Lipinski definition) is 4. The van der Waals surface area contributed by atoms with Crippen molar-refractivity contribution in [1.82, 2.24) is 24.5 Å². The number of nitrogens with two attached hydrogens (primary N) is 1. The third-order valence-electron chi connectivity index (χ3n) is 3.27. The number of aryl methyl sites for hydroxylation is 2. The molecule has 2 aromatic heterocycles. The van der Waals surface area contributed by atoms with E-state index in [1.807, 2.05) is 9.36 Å². The number of hydrogen-bond donors (Lipinski definition) is 1. The van der Waals surface area contributed by atoms with E-state index in [0.29, 0.717) is 6.54 Å². The Morgan fingerprint density at radius 1 is 1.16 bits per heavy atom. The lowest BCUT2D eigenvalue weighted by atomic mass is 10.2. The van der Waals surface area contributed by atoms with Gasteiger partial charge in [-0.3, -0.25) is 4.68 Å². The quantitative estimate of drug-likeness (QED) is 0.858. The molecule has 0 radical (unpaired) electrons. The minimum Gasteiger partial charge on any atom is -0.396 e. The zero-order valence-electron chi connectivity index (χ0n) is 11.9. The molecule has 0 spiro atoms. The normalized spacial score (nSPS) is 11.1. The molecule has 0 atom stereocenters. The van der Waals surface area contributed by atoms with Gasteiger partial charge in [0, 0.05) is 6.54 Å². The fourth-order valence-electron chi connectivity index (χ4n) is 2.27. The standard InChI is InChI=1S/C13H22N6/c1-4-7-18-12(15-9-16-18)8-19-11(6-3)13(14)10(5-2)17-19/h9H,4-8,14H2,1-3H3. The first-order chi connectivity index (χ1) is 9.21. The van der Waals surface area contributed by atoms with Gasteiger partial charge < -0.3 is 5.73 Å². The molecule has 6 heteroatoms. The van der Waals surface area contributed by atoms with Crippen LogP contribution in [0.1, 0.15) is 44.4 Å². The smallest absolute Gasteiger partial charge is 0.148 e. The van der Waals surface area contributed by atoms with Crippen LogP contribution >= 0.6 is 0 Å². The van der Waals surface area contributed by atoms with Crippen LogP contribution in [0.2, 0.25) is 0 Å². The summed E-state index contributed by atoms with van der Waals surface area (Å²) in [4.78, 5) is 4.32. The molecule has 0 aliphatic heterocycles. The van der Waals surface area contributed by atoms with Gasteiger partial charge >= 0.3 is 0 Å². The molecule has 0 saturated heterocycles. The topological polar surface area (TPSA) is 74.5 Å². The highest BCUT2D eigenvalue weighted by atomic mass is 15.4. The number of anilines is 1. The summed E-state index contributed by atoms with van der Waals surface area (Å²) in [5.41, 5.74) is 9.01. The van der Waals surface area contributed by atoms with Crippen LogP contribution in [-0.2, 0) is 25.9 Å². The predicted molar refractivity (Wildman–Crippen MR) is 74.8 cm³/mol. The van der Waals surface area contributed by atoms with Crippen LogP contribution in [0.4, 0.5) is 5.69 Å². The Bertz CT molecular complexity index is 539. The number of nitrogens with zero attached hydrogens (tertiary/aromatic N) is 5. The van der Waals surface area contributed by atoms with Crippen LogP contribution in [0.25, 0.3) is 0 Å². The fraction of sp³-hybridized carbons (Fsp3) is 0.615. The first-order valence-corrected chi connectivity index (χ1v) is 6.91. The van der Waals surface area contributed by atoms with E-state index < -0.39 is 0 Å². The Balaban J connectivity index is 2.29. The lowest BCUT2D eigenvalue weighted by Crippen LogP contribution is -2.13. The van der Waals surface area contributed by atoms with Gasteiger partial charge in [0.1, 0.15) is 18.7 Å². The lowest BCUT2D eigenvalue weighted by Gasteiger charge is -2.07. The molecule has 2 N–H and O–H groups in total. The van der Waals surface area contributed by atoms with Crippen LogP contribution in [-0.4, -0.2) is 24.5 Å². The summed E-state index contributed by atoms with van der Waals surface area (Å²) in [5, 5.41) is 8.83. The van der Waals surface area contributed by atoms with Crippen molar-refractivity contribution in [1.29, 1.82) is 0 Å². The SMILES string of the molecule is CCCn1ncnc1Cn1nc(CC)c(N)c1CC. The van der Waals surface area contributed by atoms with Crippen LogP contribution < -0.4 is 5.73 Å². The van der Waals surface area contributed by atoms with E-state index >= 15 is 0 Å². The van der Waals surface area contributed by atoms with Gasteiger partial charge in [-0.05, 0) is 19.3 Å². The first kappa shape index (κ1) is 13.6. The van der Waals surface area contributed by atoms with Crippen molar-refractivity contribution in [3.63, 3.8) is 0 Å². The molecule has 6 nitrogen and oxygen atoms in total. The minimum absolute atomic E-state index is 0.632. The molecule has 0 aliphatic rings. The van der Waals surface area contributed by atoms with Gasteiger partial charge in [0.05, 0.1) is 17.1 Å². The molecule has 0 unspecified atom stereocenters. The Kier molecular flexibility index (Phi) is 4.19. The summed E-state index contributed by atoms with van der Waals surface area (Å²) < 4.78 is 3.90. The van der Waals surface area contributed by atoms with E-state index in [0.717, 1.165) is 48.7 Å². The van der Waals surface area contributed by atoms with Gasteiger partial charge in [0.25, 0.3) is 0 Å². The van der Waals surface area contributed by atoms with E-state index in [2.05, 4.69) is 36.0 Å². The molecule has 2 rings (SSSR count). The average Bonchev–Trinajstić information content (AvgIpc) is 2.95. The molecular weight excluding hydrogens is 240 g/mol. The van der Waals surface area contributed by atoms with E-state index in [4.69, 9.17) is 5.73 Å². The van der Waals surface area contributed by atoms with Crippen LogP contribution in [0.3, 0.4) is 0 Å². The highest BCUT2D eigenvalue weighted by molar-refractivity contribution is 5.48. The minimum atomic E-state index is 0.632. The summed E-state index contributed by atoms with van der Waals surface area (Å²) in [6.45, 7) is 7.81. The fourth-order valence-corrected chi connectivity index (χ4v) is 2.27. The lowest BCUT2D eigenvalue weighted by molar-refractivity contribution is 0.530. The predicted octanol–water partition coefficient (Wildman–Crippen LogP) is 1.64. The second kappa shape index (κ2) is 5.86. The largest absolute Gasteiger partial charge is 0.396 e. The highest BCUT2D eigenvalue weighted by Gasteiger charge is 2.14. The third kappa shape index (κ3) is 2.62. The molecule has 0 aromatic carbocycles. The molecule has 0 bridgehead atoms. The van der Waals surface area contributed by atoms with Gasteiger partial charge in [-0.1, -0.05) is 20.8 Å². The van der Waals surface area contributed by atoms with Crippen LogP contribution in [0, 0.1) is 0 Å². The Hall–Kier alpha value is -1.85. The molecule has 0 saturated carbocycles.